The summed E-state index contributed by atoms with van der Waals surface area (Å²) < 4.78 is 69.3. The Kier molecular flexibility index (Phi) is 6.24. The van der Waals surface area contributed by atoms with Crippen LogP contribution in [-0.2, 0) is 28.0 Å². The second-order valence-electron chi connectivity index (χ2n) is 9.63. The minimum absolute atomic E-state index is 0.0349. The Bertz CT molecular complexity index is 1560. The van der Waals surface area contributed by atoms with Crippen molar-refractivity contribution in [3.63, 3.8) is 0 Å². The van der Waals surface area contributed by atoms with Crippen molar-refractivity contribution in [2.45, 2.75) is 43.7 Å². The van der Waals surface area contributed by atoms with Crippen LogP contribution in [0.25, 0.3) is 10.9 Å². The van der Waals surface area contributed by atoms with Gasteiger partial charge in [0, 0.05) is 17.5 Å². The Morgan fingerprint density at radius 3 is 2.14 bits per heavy atom. The van der Waals surface area contributed by atoms with Gasteiger partial charge in [0.15, 0.2) is 0 Å². The minimum atomic E-state index is -4.65. The molecule has 36 heavy (non-hydrogen) atoms. The predicted octanol–water partition coefficient (Wildman–Crippen LogP) is 6.48. The maximum Gasteiger partial charge on any atom is 0.416 e. The number of rotatable bonds is 5. The summed E-state index contributed by atoms with van der Waals surface area (Å²) in [6.45, 7) is 5.81. The number of alkyl halides is 3. The summed E-state index contributed by atoms with van der Waals surface area (Å²) in [7, 11) is -4.28. The fraction of sp³-hybridized carbons (Fsp3) is 0.222. The molecular formula is C27H24F3NO4S. The van der Waals surface area contributed by atoms with E-state index < -0.39 is 27.7 Å². The Morgan fingerprint density at radius 2 is 1.56 bits per heavy atom. The van der Waals surface area contributed by atoms with Gasteiger partial charge in [0.25, 0.3) is 10.0 Å². The van der Waals surface area contributed by atoms with E-state index in [0.717, 1.165) is 21.7 Å². The number of hydrogen-bond donors (Lipinski definition) is 1. The van der Waals surface area contributed by atoms with Crippen LogP contribution in [0.15, 0.2) is 77.7 Å². The fourth-order valence-corrected chi connectivity index (χ4v) is 5.60. The first-order chi connectivity index (χ1) is 16.7. The first-order valence-corrected chi connectivity index (χ1v) is 12.5. The van der Waals surface area contributed by atoms with Crippen LogP contribution in [-0.4, -0.2) is 23.5 Å². The highest BCUT2D eigenvalue weighted by Crippen LogP contribution is 2.35. The molecule has 4 rings (SSSR count). The lowest BCUT2D eigenvalue weighted by Gasteiger charge is -2.20. The van der Waals surface area contributed by atoms with E-state index >= 15 is 0 Å². The van der Waals surface area contributed by atoms with Crippen LogP contribution in [0.5, 0.6) is 0 Å². The minimum Gasteiger partial charge on any atom is -0.478 e. The smallest absolute Gasteiger partial charge is 0.416 e. The third-order valence-corrected chi connectivity index (χ3v) is 7.75. The molecule has 0 fully saturated rings. The van der Waals surface area contributed by atoms with E-state index in [1.807, 2.05) is 20.8 Å². The van der Waals surface area contributed by atoms with Crippen molar-refractivity contribution >= 4 is 26.9 Å². The summed E-state index contributed by atoms with van der Waals surface area (Å²) in [6.07, 6.45) is -4.58. The van der Waals surface area contributed by atoms with E-state index in [0.29, 0.717) is 10.9 Å². The first kappa shape index (κ1) is 25.5. The summed E-state index contributed by atoms with van der Waals surface area (Å²) in [5.41, 5.74) is 0.325. The van der Waals surface area contributed by atoms with Gasteiger partial charge in [-0.15, -0.1) is 0 Å². The molecule has 9 heteroatoms. The van der Waals surface area contributed by atoms with Gasteiger partial charge in [0.1, 0.15) is 0 Å². The van der Waals surface area contributed by atoms with E-state index in [1.165, 1.54) is 24.3 Å². The molecule has 0 saturated heterocycles. The maximum absolute atomic E-state index is 13.9. The van der Waals surface area contributed by atoms with Crippen molar-refractivity contribution in [1.29, 1.82) is 0 Å². The number of aromatic nitrogens is 1. The van der Waals surface area contributed by atoms with Gasteiger partial charge in [-0.3, -0.25) is 0 Å². The van der Waals surface area contributed by atoms with Crippen LogP contribution in [0.3, 0.4) is 0 Å². The molecule has 0 unspecified atom stereocenters. The third-order valence-electron chi connectivity index (χ3n) is 5.98. The number of fused-ring (bicyclic) bond motifs is 1. The van der Waals surface area contributed by atoms with Crippen molar-refractivity contribution in [3.05, 3.63) is 101 Å². The molecule has 0 bridgehead atoms. The van der Waals surface area contributed by atoms with Gasteiger partial charge < -0.3 is 5.11 Å². The standard InChI is InChI=1S/C27H24F3NO4S/c1-26(2,3)20-5-4-6-23(15-20)36(34,35)31-22(13-17-7-9-18(10-8-17)25(32)33)14-19-11-12-21(16-24(19)31)27(28,29)30/h4-12,14-16H,13H2,1-3H3,(H,32,33). The molecular weight excluding hydrogens is 491 g/mol. The Balaban J connectivity index is 1.94. The molecule has 1 heterocycles. The topological polar surface area (TPSA) is 76.4 Å². The predicted molar refractivity (Wildman–Crippen MR) is 131 cm³/mol. The summed E-state index contributed by atoms with van der Waals surface area (Å²) in [4.78, 5) is 11.1. The summed E-state index contributed by atoms with van der Waals surface area (Å²) in [5.74, 6) is -1.10. The number of carbonyl (C=O) groups is 1. The third kappa shape index (κ3) is 4.88. The van der Waals surface area contributed by atoms with Crippen molar-refractivity contribution in [2.24, 2.45) is 0 Å². The summed E-state index contributed by atoms with van der Waals surface area (Å²) in [5, 5.41) is 9.48. The number of benzene rings is 3. The number of halogens is 3. The van der Waals surface area contributed by atoms with E-state index in [-0.39, 0.29) is 33.5 Å². The number of carboxylic acids is 1. The SMILES string of the molecule is CC(C)(C)c1cccc(S(=O)(=O)n2c(Cc3ccc(C(=O)O)cc3)cc3ccc(C(F)(F)F)cc32)c1. The fourth-order valence-electron chi connectivity index (χ4n) is 4.02. The molecule has 3 aromatic carbocycles. The second kappa shape index (κ2) is 8.81. The number of carboxylic acid groups (broad SMARTS) is 1. The van der Waals surface area contributed by atoms with Gasteiger partial charge in [0.2, 0.25) is 0 Å². The molecule has 0 atom stereocenters. The van der Waals surface area contributed by atoms with E-state index in [4.69, 9.17) is 5.11 Å². The molecule has 4 aromatic rings. The summed E-state index contributed by atoms with van der Waals surface area (Å²) >= 11 is 0. The van der Waals surface area contributed by atoms with E-state index in [9.17, 15) is 26.4 Å². The molecule has 188 valence electrons. The zero-order chi connectivity index (χ0) is 26.5. The molecule has 1 N–H and O–H groups in total. The lowest BCUT2D eigenvalue weighted by Crippen LogP contribution is -2.18. The van der Waals surface area contributed by atoms with Crippen LogP contribution in [0.4, 0.5) is 13.2 Å². The largest absolute Gasteiger partial charge is 0.478 e. The highest BCUT2D eigenvalue weighted by Gasteiger charge is 2.32. The second-order valence-corrected chi connectivity index (χ2v) is 11.4. The Labute approximate surface area is 206 Å². The van der Waals surface area contributed by atoms with Crippen LogP contribution in [0.2, 0.25) is 0 Å². The van der Waals surface area contributed by atoms with Crippen molar-refractivity contribution in [3.8, 4) is 0 Å². The van der Waals surface area contributed by atoms with Crippen molar-refractivity contribution in [2.75, 3.05) is 0 Å². The summed E-state index contributed by atoms with van der Waals surface area (Å²) in [6, 6.07) is 16.9. The van der Waals surface area contributed by atoms with Crippen molar-refractivity contribution < 1.29 is 31.5 Å². The molecule has 0 aliphatic heterocycles. The zero-order valence-electron chi connectivity index (χ0n) is 19.8. The highest BCUT2D eigenvalue weighted by atomic mass is 32.2. The van der Waals surface area contributed by atoms with Crippen LogP contribution >= 0.6 is 0 Å². The Morgan fingerprint density at radius 1 is 0.889 bits per heavy atom. The van der Waals surface area contributed by atoms with E-state index in [2.05, 4.69) is 0 Å². The molecule has 0 aliphatic carbocycles. The highest BCUT2D eigenvalue weighted by molar-refractivity contribution is 7.90. The lowest BCUT2D eigenvalue weighted by atomic mass is 9.87. The molecule has 0 radical (unpaired) electrons. The molecule has 0 saturated carbocycles. The quantitative estimate of drug-likeness (QED) is 0.330. The zero-order valence-corrected chi connectivity index (χ0v) is 20.6. The average Bonchev–Trinajstić information content (AvgIpc) is 3.16. The molecule has 0 amide bonds. The molecule has 1 aromatic heterocycles. The first-order valence-electron chi connectivity index (χ1n) is 11.1. The number of hydrogen-bond acceptors (Lipinski definition) is 3. The van der Waals surface area contributed by atoms with E-state index in [1.54, 1.807) is 36.4 Å². The number of aromatic carboxylic acids is 1. The van der Waals surface area contributed by atoms with Crippen LogP contribution < -0.4 is 0 Å². The number of nitrogens with zero attached hydrogens (tertiary/aromatic N) is 1. The van der Waals surface area contributed by atoms with Crippen LogP contribution in [0.1, 0.15) is 53.5 Å². The monoisotopic (exact) mass is 515 g/mol. The normalized spacial score (nSPS) is 12.7. The maximum atomic E-state index is 13.9. The lowest BCUT2D eigenvalue weighted by molar-refractivity contribution is -0.137. The molecule has 0 aliphatic rings. The average molecular weight is 516 g/mol. The molecule has 0 spiro atoms. The van der Waals surface area contributed by atoms with Gasteiger partial charge in [-0.25, -0.2) is 17.2 Å². The van der Waals surface area contributed by atoms with Gasteiger partial charge in [-0.1, -0.05) is 51.1 Å². The van der Waals surface area contributed by atoms with Crippen molar-refractivity contribution in [1.82, 2.24) is 3.97 Å². The molecule has 5 nitrogen and oxygen atoms in total. The van der Waals surface area contributed by atoms with Gasteiger partial charge >= 0.3 is 12.1 Å². The van der Waals surface area contributed by atoms with Gasteiger partial charge in [0.05, 0.1) is 21.5 Å². The van der Waals surface area contributed by atoms with Crippen LogP contribution in [0, 0.1) is 0 Å². The van der Waals surface area contributed by atoms with Gasteiger partial charge in [-0.2, -0.15) is 13.2 Å². The Hall–Kier alpha value is -3.59. The van der Waals surface area contributed by atoms with Gasteiger partial charge in [-0.05, 0) is 59.0 Å².